The van der Waals surface area contributed by atoms with E-state index in [0.29, 0.717) is 5.56 Å². The standard InChI is InChI=1S/C19H20N2O/c1-13-12-19(2,3)21-17-15(13)10-7-11-16(17)18(22)20-14-8-5-4-6-9-14/h4-12,21H,1-3H3,(H,20,22). The Labute approximate surface area is 131 Å². The first-order chi connectivity index (χ1) is 10.5. The van der Waals surface area contributed by atoms with E-state index in [1.165, 1.54) is 5.57 Å². The number of rotatable bonds is 2. The molecule has 1 amide bonds. The third-order valence-electron chi connectivity index (χ3n) is 3.79. The summed E-state index contributed by atoms with van der Waals surface area (Å²) in [6, 6.07) is 15.3. The van der Waals surface area contributed by atoms with Crippen LogP contribution in [0.3, 0.4) is 0 Å². The maximum atomic E-state index is 12.6. The van der Waals surface area contributed by atoms with E-state index in [1.807, 2.05) is 48.5 Å². The van der Waals surface area contributed by atoms with Gasteiger partial charge in [-0.15, -0.1) is 0 Å². The first-order valence-electron chi connectivity index (χ1n) is 7.44. The van der Waals surface area contributed by atoms with Crippen molar-refractivity contribution in [3.05, 3.63) is 65.7 Å². The summed E-state index contributed by atoms with van der Waals surface area (Å²) < 4.78 is 0. The van der Waals surface area contributed by atoms with Crippen LogP contribution in [0, 0.1) is 0 Å². The van der Waals surface area contributed by atoms with E-state index in [0.717, 1.165) is 16.9 Å². The summed E-state index contributed by atoms with van der Waals surface area (Å²) in [5, 5.41) is 6.42. The van der Waals surface area contributed by atoms with Crippen molar-refractivity contribution in [3.63, 3.8) is 0 Å². The van der Waals surface area contributed by atoms with Gasteiger partial charge in [0.05, 0.1) is 16.8 Å². The summed E-state index contributed by atoms with van der Waals surface area (Å²) in [6.07, 6.45) is 2.19. The molecule has 3 rings (SSSR count). The third-order valence-corrected chi connectivity index (χ3v) is 3.79. The molecule has 0 radical (unpaired) electrons. The number of hydrogen-bond donors (Lipinski definition) is 2. The van der Waals surface area contributed by atoms with Crippen LogP contribution in [-0.2, 0) is 0 Å². The zero-order valence-electron chi connectivity index (χ0n) is 13.1. The Morgan fingerprint density at radius 3 is 2.50 bits per heavy atom. The molecule has 3 nitrogen and oxygen atoms in total. The fraction of sp³-hybridized carbons (Fsp3) is 0.211. The number of benzene rings is 2. The second kappa shape index (κ2) is 5.34. The summed E-state index contributed by atoms with van der Waals surface area (Å²) in [7, 11) is 0. The highest BCUT2D eigenvalue weighted by Crippen LogP contribution is 2.36. The van der Waals surface area contributed by atoms with E-state index in [-0.39, 0.29) is 11.4 Å². The Bertz CT molecular complexity index is 745. The lowest BCUT2D eigenvalue weighted by Gasteiger charge is -2.32. The van der Waals surface area contributed by atoms with Gasteiger partial charge >= 0.3 is 0 Å². The van der Waals surface area contributed by atoms with Crippen LogP contribution in [0.25, 0.3) is 5.57 Å². The fourth-order valence-corrected chi connectivity index (χ4v) is 2.90. The number of allylic oxidation sites excluding steroid dienone is 1. The van der Waals surface area contributed by atoms with Crippen molar-refractivity contribution in [3.8, 4) is 0 Å². The molecule has 0 saturated carbocycles. The van der Waals surface area contributed by atoms with Crippen LogP contribution in [-0.4, -0.2) is 11.4 Å². The molecule has 22 heavy (non-hydrogen) atoms. The highest BCUT2D eigenvalue weighted by Gasteiger charge is 2.26. The number of anilines is 2. The zero-order chi connectivity index (χ0) is 15.7. The minimum absolute atomic E-state index is 0.0962. The average Bonchev–Trinajstić information content (AvgIpc) is 2.46. The first-order valence-corrected chi connectivity index (χ1v) is 7.44. The van der Waals surface area contributed by atoms with Gasteiger partial charge in [0.1, 0.15) is 0 Å². The second-order valence-electron chi connectivity index (χ2n) is 6.22. The van der Waals surface area contributed by atoms with Gasteiger partial charge in [-0.05, 0) is 44.5 Å². The van der Waals surface area contributed by atoms with Crippen molar-refractivity contribution < 1.29 is 4.79 Å². The van der Waals surface area contributed by atoms with E-state index in [9.17, 15) is 4.79 Å². The summed E-state index contributed by atoms with van der Waals surface area (Å²) in [5.74, 6) is -0.0962. The lowest BCUT2D eigenvalue weighted by atomic mass is 9.89. The number of amides is 1. The molecule has 0 spiro atoms. The predicted molar refractivity (Wildman–Crippen MR) is 92.2 cm³/mol. The van der Waals surface area contributed by atoms with Crippen LogP contribution >= 0.6 is 0 Å². The van der Waals surface area contributed by atoms with Crippen molar-refractivity contribution in [2.45, 2.75) is 26.3 Å². The highest BCUT2D eigenvalue weighted by molar-refractivity contribution is 6.10. The molecule has 112 valence electrons. The van der Waals surface area contributed by atoms with Crippen molar-refractivity contribution in [2.24, 2.45) is 0 Å². The molecule has 2 aromatic carbocycles. The number of para-hydroxylation sites is 2. The van der Waals surface area contributed by atoms with Gasteiger partial charge in [0.2, 0.25) is 0 Å². The smallest absolute Gasteiger partial charge is 0.257 e. The molecule has 0 fully saturated rings. The van der Waals surface area contributed by atoms with Crippen molar-refractivity contribution >= 4 is 22.9 Å². The Hall–Kier alpha value is -2.55. The molecule has 1 aliphatic rings. The zero-order valence-corrected chi connectivity index (χ0v) is 13.1. The van der Waals surface area contributed by atoms with Crippen LogP contribution < -0.4 is 10.6 Å². The minimum Gasteiger partial charge on any atom is -0.376 e. The molecule has 0 unspecified atom stereocenters. The minimum atomic E-state index is -0.166. The molecule has 0 bridgehead atoms. The van der Waals surface area contributed by atoms with Crippen molar-refractivity contribution in [1.29, 1.82) is 0 Å². The maximum absolute atomic E-state index is 12.6. The normalized spacial score (nSPS) is 15.3. The van der Waals surface area contributed by atoms with Crippen LogP contribution in [0.15, 0.2) is 54.6 Å². The number of nitrogens with one attached hydrogen (secondary N) is 2. The SMILES string of the molecule is CC1=CC(C)(C)Nc2c(C(=O)Nc3ccccc3)cccc21. The summed E-state index contributed by atoms with van der Waals surface area (Å²) in [4.78, 5) is 12.6. The Morgan fingerprint density at radius 1 is 1.05 bits per heavy atom. The van der Waals surface area contributed by atoms with Gasteiger partial charge in [0.15, 0.2) is 0 Å². The highest BCUT2D eigenvalue weighted by atomic mass is 16.1. The molecule has 1 aliphatic heterocycles. The number of carbonyl (C=O) groups excluding carboxylic acids is 1. The summed E-state index contributed by atoms with van der Waals surface area (Å²) in [6.45, 7) is 6.29. The largest absolute Gasteiger partial charge is 0.376 e. The lowest BCUT2D eigenvalue weighted by Crippen LogP contribution is -2.33. The molecule has 0 aromatic heterocycles. The third kappa shape index (κ3) is 2.75. The number of carbonyl (C=O) groups is 1. The van der Waals surface area contributed by atoms with E-state index < -0.39 is 0 Å². The van der Waals surface area contributed by atoms with Gasteiger partial charge in [0, 0.05) is 11.3 Å². The van der Waals surface area contributed by atoms with Crippen LogP contribution in [0.2, 0.25) is 0 Å². The Kier molecular flexibility index (Phi) is 3.49. The van der Waals surface area contributed by atoms with Gasteiger partial charge in [-0.1, -0.05) is 36.4 Å². The van der Waals surface area contributed by atoms with E-state index in [4.69, 9.17) is 0 Å². The first kappa shape index (κ1) is 14.4. The predicted octanol–water partition coefficient (Wildman–Crippen LogP) is 4.55. The van der Waals surface area contributed by atoms with Crippen LogP contribution in [0.1, 0.15) is 36.7 Å². The van der Waals surface area contributed by atoms with E-state index in [1.54, 1.807) is 0 Å². The maximum Gasteiger partial charge on any atom is 0.257 e. The molecular formula is C19H20N2O. The molecule has 3 heteroatoms. The summed E-state index contributed by atoms with van der Waals surface area (Å²) >= 11 is 0. The average molecular weight is 292 g/mol. The summed E-state index contributed by atoms with van der Waals surface area (Å²) in [5.41, 5.74) is 4.48. The van der Waals surface area contributed by atoms with E-state index in [2.05, 4.69) is 37.5 Å². The van der Waals surface area contributed by atoms with Gasteiger partial charge in [-0.3, -0.25) is 4.79 Å². The quantitative estimate of drug-likeness (QED) is 0.852. The second-order valence-corrected chi connectivity index (χ2v) is 6.22. The lowest BCUT2D eigenvalue weighted by molar-refractivity contribution is 0.102. The number of hydrogen-bond acceptors (Lipinski definition) is 2. The monoisotopic (exact) mass is 292 g/mol. The molecule has 0 aliphatic carbocycles. The Morgan fingerprint density at radius 2 is 1.77 bits per heavy atom. The molecule has 0 saturated heterocycles. The van der Waals surface area contributed by atoms with Gasteiger partial charge in [-0.25, -0.2) is 0 Å². The van der Waals surface area contributed by atoms with Gasteiger partial charge < -0.3 is 10.6 Å². The number of fused-ring (bicyclic) bond motifs is 1. The Balaban J connectivity index is 1.98. The molecular weight excluding hydrogens is 272 g/mol. The van der Waals surface area contributed by atoms with Gasteiger partial charge in [-0.2, -0.15) is 0 Å². The van der Waals surface area contributed by atoms with Gasteiger partial charge in [0.25, 0.3) is 5.91 Å². The molecule has 1 heterocycles. The molecule has 2 N–H and O–H groups in total. The fourth-order valence-electron chi connectivity index (χ4n) is 2.90. The molecule has 0 atom stereocenters. The molecule has 2 aromatic rings. The van der Waals surface area contributed by atoms with Crippen LogP contribution in [0.5, 0.6) is 0 Å². The van der Waals surface area contributed by atoms with E-state index >= 15 is 0 Å². The van der Waals surface area contributed by atoms with Crippen molar-refractivity contribution in [2.75, 3.05) is 10.6 Å². The van der Waals surface area contributed by atoms with Crippen LogP contribution in [0.4, 0.5) is 11.4 Å². The van der Waals surface area contributed by atoms with Crippen molar-refractivity contribution in [1.82, 2.24) is 0 Å². The topological polar surface area (TPSA) is 41.1 Å².